The molecule has 0 spiro atoms. The lowest BCUT2D eigenvalue weighted by molar-refractivity contribution is -0.120. The summed E-state index contributed by atoms with van der Waals surface area (Å²) in [6.07, 6.45) is 0.725. The van der Waals surface area contributed by atoms with Crippen molar-refractivity contribution >= 4 is 17.3 Å². The predicted octanol–water partition coefficient (Wildman–Crippen LogP) is 1.59. The molecule has 4 rings (SSSR count). The molecule has 26 heavy (non-hydrogen) atoms. The Morgan fingerprint density at radius 1 is 1.31 bits per heavy atom. The van der Waals surface area contributed by atoms with Crippen molar-refractivity contribution in [1.82, 2.24) is 0 Å². The van der Waals surface area contributed by atoms with Gasteiger partial charge in [-0.05, 0) is 30.9 Å². The number of nitrogens with two attached hydrogens (primary N) is 1. The average Bonchev–Trinajstić information content (AvgIpc) is 3.03. The van der Waals surface area contributed by atoms with Crippen LogP contribution < -0.4 is 5.73 Å². The number of carbonyl (C=O) groups is 1. The topological polar surface area (TPSA) is 105 Å². The van der Waals surface area contributed by atoms with E-state index in [1.54, 1.807) is 0 Å². The summed E-state index contributed by atoms with van der Waals surface area (Å²) in [7, 11) is 0. The van der Waals surface area contributed by atoms with E-state index in [2.05, 4.69) is 0 Å². The zero-order valence-corrected chi connectivity index (χ0v) is 15.0. The molecule has 4 N–H and O–H groups in total. The second kappa shape index (κ2) is 6.44. The van der Waals surface area contributed by atoms with Crippen LogP contribution in [0.25, 0.3) is 0 Å². The molecule has 6 atom stereocenters. The highest BCUT2D eigenvalue weighted by atomic mass is 16.5. The summed E-state index contributed by atoms with van der Waals surface area (Å²) < 4.78 is 6.19. The minimum absolute atomic E-state index is 0.386. The standard InChI is InChI=1S/C20H26N2O4/c1-2-14-15(23)16(24)18(26-14)20-10-6-5-7-11(19(21)25)17(20)22-13-9-4-3-8-12(13)20/h3-4,8-9,11,14-16,18,23-24H,2,5-7,10H2,1H3,(H2,21,25). The minimum atomic E-state index is -1.03. The van der Waals surface area contributed by atoms with Gasteiger partial charge in [-0.25, -0.2) is 0 Å². The van der Waals surface area contributed by atoms with Crippen LogP contribution in [-0.2, 0) is 14.9 Å². The van der Waals surface area contributed by atoms with Crippen LogP contribution in [0.15, 0.2) is 29.3 Å². The second-order valence-electron chi connectivity index (χ2n) is 7.67. The fourth-order valence-corrected chi connectivity index (χ4v) is 5.07. The fraction of sp³-hybridized carbons (Fsp3) is 0.600. The Hall–Kier alpha value is -1.76. The first-order valence-electron chi connectivity index (χ1n) is 9.50. The van der Waals surface area contributed by atoms with Crippen LogP contribution in [0.2, 0.25) is 0 Å². The van der Waals surface area contributed by atoms with Gasteiger partial charge in [-0.15, -0.1) is 0 Å². The number of aliphatic hydroxyl groups is 2. The Morgan fingerprint density at radius 3 is 2.77 bits per heavy atom. The van der Waals surface area contributed by atoms with E-state index in [4.69, 9.17) is 15.5 Å². The van der Waals surface area contributed by atoms with Gasteiger partial charge in [-0.2, -0.15) is 0 Å². The number of rotatable bonds is 3. The third-order valence-electron chi connectivity index (χ3n) is 6.32. The van der Waals surface area contributed by atoms with Crippen molar-refractivity contribution in [2.24, 2.45) is 16.6 Å². The number of benzene rings is 1. The van der Waals surface area contributed by atoms with E-state index in [0.29, 0.717) is 18.6 Å². The third-order valence-corrected chi connectivity index (χ3v) is 6.32. The maximum atomic E-state index is 12.2. The largest absolute Gasteiger partial charge is 0.388 e. The van der Waals surface area contributed by atoms with Crippen molar-refractivity contribution in [3.63, 3.8) is 0 Å². The van der Waals surface area contributed by atoms with E-state index in [0.717, 1.165) is 30.5 Å². The lowest BCUT2D eigenvalue weighted by Crippen LogP contribution is -2.53. The van der Waals surface area contributed by atoms with Gasteiger partial charge in [0.1, 0.15) is 18.3 Å². The van der Waals surface area contributed by atoms with Crippen molar-refractivity contribution in [1.29, 1.82) is 0 Å². The molecule has 2 fully saturated rings. The Morgan fingerprint density at radius 2 is 2.08 bits per heavy atom. The van der Waals surface area contributed by atoms with Crippen molar-refractivity contribution in [3.05, 3.63) is 29.8 Å². The second-order valence-corrected chi connectivity index (χ2v) is 7.67. The predicted molar refractivity (Wildman–Crippen MR) is 97.3 cm³/mol. The van der Waals surface area contributed by atoms with Crippen molar-refractivity contribution in [2.45, 2.75) is 68.9 Å². The van der Waals surface area contributed by atoms with E-state index in [1.807, 2.05) is 31.2 Å². The molecule has 6 unspecified atom stereocenters. The zero-order chi connectivity index (χ0) is 18.5. The monoisotopic (exact) mass is 358 g/mol. The smallest absolute Gasteiger partial charge is 0.226 e. The first-order valence-corrected chi connectivity index (χ1v) is 9.50. The molecule has 6 nitrogen and oxygen atoms in total. The molecular weight excluding hydrogens is 332 g/mol. The number of carbonyl (C=O) groups excluding carboxylic acids is 1. The van der Waals surface area contributed by atoms with Crippen LogP contribution in [0, 0.1) is 5.92 Å². The van der Waals surface area contributed by atoms with E-state index in [-0.39, 0.29) is 5.91 Å². The van der Waals surface area contributed by atoms with Crippen LogP contribution in [0.4, 0.5) is 5.69 Å². The number of para-hydroxylation sites is 1. The normalized spacial score (nSPS) is 39.0. The Bertz CT molecular complexity index is 749. The zero-order valence-electron chi connectivity index (χ0n) is 15.0. The molecule has 1 saturated heterocycles. The summed E-state index contributed by atoms with van der Waals surface area (Å²) in [5.74, 6) is -0.860. The maximum absolute atomic E-state index is 12.2. The number of primary amides is 1. The van der Waals surface area contributed by atoms with E-state index in [9.17, 15) is 15.0 Å². The van der Waals surface area contributed by atoms with Crippen LogP contribution in [0.3, 0.4) is 0 Å². The quantitative estimate of drug-likeness (QED) is 0.763. The Kier molecular flexibility index (Phi) is 4.37. The van der Waals surface area contributed by atoms with E-state index >= 15 is 0 Å². The molecule has 2 heterocycles. The molecule has 1 aromatic rings. The van der Waals surface area contributed by atoms with E-state index < -0.39 is 35.7 Å². The highest BCUT2D eigenvalue weighted by Gasteiger charge is 2.60. The van der Waals surface area contributed by atoms with Gasteiger partial charge >= 0.3 is 0 Å². The molecule has 1 aliphatic carbocycles. The summed E-state index contributed by atoms with van der Waals surface area (Å²) in [5.41, 5.74) is 7.50. The molecule has 1 aromatic carbocycles. The number of hydrogen-bond acceptors (Lipinski definition) is 5. The van der Waals surface area contributed by atoms with Gasteiger partial charge in [-0.3, -0.25) is 9.79 Å². The summed E-state index contributed by atoms with van der Waals surface area (Å²) in [6, 6.07) is 7.78. The first-order chi connectivity index (χ1) is 12.5. The van der Waals surface area contributed by atoms with Crippen molar-refractivity contribution in [3.8, 4) is 0 Å². The molecule has 140 valence electrons. The molecule has 3 aliphatic rings. The third kappa shape index (κ3) is 2.36. The molecular formula is C20H26N2O4. The van der Waals surface area contributed by atoms with Gasteiger partial charge in [0.25, 0.3) is 0 Å². The average molecular weight is 358 g/mol. The van der Waals surface area contributed by atoms with E-state index in [1.165, 1.54) is 0 Å². The minimum Gasteiger partial charge on any atom is -0.388 e. The molecule has 6 heteroatoms. The number of aliphatic hydroxyl groups excluding tert-OH is 2. The van der Waals surface area contributed by atoms with Gasteiger partial charge in [0, 0.05) is 5.71 Å². The lowest BCUT2D eigenvalue weighted by Gasteiger charge is -2.39. The highest BCUT2D eigenvalue weighted by Crippen LogP contribution is 2.53. The summed E-state index contributed by atoms with van der Waals surface area (Å²) >= 11 is 0. The van der Waals surface area contributed by atoms with Crippen LogP contribution in [0.5, 0.6) is 0 Å². The van der Waals surface area contributed by atoms with Crippen LogP contribution in [0.1, 0.15) is 44.6 Å². The number of nitrogens with zero attached hydrogens (tertiary/aromatic N) is 1. The van der Waals surface area contributed by atoms with Crippen LogP contribution >= 0.6 is 0 Å². The number of fused-ring (bicyclic) bond motifs is 3. The van der Waals surface area contributed by atoms with Gasteiger partial charge in [-0.1, -0.05) is 38.0 Å². The molecule has 0 bridgehead atoms. The number of hydrogen-bond donors (Lipinski definition) is 3. The first kappa shape index (κ1) is 17.6. The van der Waals surface area contributed by atoms with Gasteiger partial charge in [0.05, 0.1) is 23.1 Å². The molecule has 0 radical (unpaired) electrons. The number of aliphatic imine (C=N–C) groups is 1. The summed E-state index contributed by atoms with van der Waals surface area (Å²) in [6.45, 7) is 1.93. The molecule has 0 aromatic heterocycles. The molecule has 2 aliphatic heterocycles. The number of ether oxygens (including phenoxy) is 1. The Labute approximate surface area is 153 Å². The Balaban J connectivity index is 1.89. The maximum Gasteiger partial charge on any atom is 0.226 e. The lowest BCUT2D eigenvalue weighted by atomic mass is 9.66. The van der Waals surface area contributed by atoms with Gasteiger partial charge < -0.3 is 20.7 Å². The molecule has 1 saturated carbocycles. The van der Waals surface area contributed by atoms with Gasteiger partial charge in [0.2, 0.25) is 5.91 Å². The highest BCUT2D eigenvalue weighted by molar-refractivity contribution is 6.13. The van der Waals surface area contributed by atoms with Gasteiger partial charge in [0.15, 0.2) is 0 Å². The van der Waals surface area contributed by atoms with Crippen molar-refractivity contribution < 1.29 is 19.7 Å². The fourth-order valence-electron chi connectivity index (χ4n) is 5.07. The van der Waals surface area contributed by atoms with Crippen molar-refractivity contribution in [2.75, 3.05) is 0 Å². The summed E-state index contributed by atoms with van der Waals surface area (Å²) in [4.78, 5) is 17.0. The van der Waals surface area contributed by atoms with Crippen LogP contribution in [-0.4, -0.2) is 46.2 Å². The summed E-state index contributed by atoms with van der Waals surface area (Å²) in [5, 5.41) is 21.3. The molecule has 1 amide bonds. The SMILES string of the molecule is CCC1OC(C23CCCCC(C(N)=O)C2=Nc2ccccc23)C(O)C1O. The number of amides is 1.